The molecule has 3 atom stereocenters. The third-order valence-corrected chi connectivity index (χ3v) is 9.42. The van der Waals surface area contributed by atoms with Gasteiger partial charge in [-0.05, 0) is 36.6 Å². The minimum Gasteiger partial charge on any atom is -0.480 e. The molecule has 174 valence electrons. The summed E-state index contributed by atoms with van der Waals surface area (Å²) in [5.41, 5.74) is 1.27. The van der Waals surface area contributed by atoms with Crippen molar-refractivity contribution >= 4 is 43.4 Å². The van der Waals surface area contributed by atoms with Gasteiger partial charge in [-0.1, -0.05) is 37.3 Å². The van der Waals surface area contributed by atoms with E-state index < -0.39 is 27.6 Å². The van der Waals surface area contributed by atoms with Gasteiger partial charge in [-0.25, -0.2) is 4.98 Å². The number of hydrogen-bond acceptors (Lipinski definition) is 6. The average molecular weight is 487 g/mol. The lowest BCUT2D eigenvalue weighted by Crippen LogP contribution is -2.56. The fourth-order valence-electron chi connectivity index (χ4n) is 4.99. The first kappa shape index (κ1) is 22.3. The lowest BCUT2D eigenvalue weighted by atomic mass is 10.1. The predicted octanol–water partition coefficient (Wildman–Crippen LogP) is 2.82. The van der Waals surface area contributed by atoms with Crippen molar-refractivity contribution in [1.29, 1.82) is 0 Å². The first-order chi connectivity index (χ1) is 15.7. The molecular formula is C23H26N4O4S2. The highest BCUT2D eigenvalue weighted by atomic mass is 32.2. The first-order valence-corrected chi connectivity index (χ1v) is 13.2. The van der Waals surface area contributed by atoms with Crippen molar-refractivity contribution in [3.05, 3.63) is 59.1 Å². The van der Waals surface area contributed by atoms with Gasteiger partial charge in [0.1, 0.15) is 5.54 Å². The molecule has 1 aromatic heterocycles. The molecule has 0 spiro atoms. The van der Waals surface area contributed by atoms with Crippen molar-refractivity contribution in [3.8, 4) is 0 Å². The SMILES string of the molecule is Cc1nc2cc(N3CCN(S(=O)(=O)N[C@@]4(C(=O)O)C(C)[C@@H]4c4ccccc4)CC3)ccc2s1. The Labute approximate surface area is 197 Å². The minimum atomic E-state index is -3.97. The van der Waals surface area contributed by atoms with Crippen LogP contribution in [-0.2, 0) is 15.0 Å². The van der Waals surface area contributed by atoms with Crippen LogP contribution in [0.1, 0.15) is 23.4 Å². The summed E-state index contributed by atoms with van der Waals surface area (Å²) in [7, 11) is -3.97. The molecule has 5 rings (SSSR count). The molecule has 2 aliphatic rings. The number of benzene rings is 2. The van der Waals surface area contributed by atoms with Crippen molar-refractivity contribution in [3.63, 3.8) is 0 Å². The maximum Gasteiger partial charge on any atom is 0.325 e. The summed E-state index contributed by atoms with van der Waals surface area (Å²) >= 11 is 1.65. The maximum absolute atomic E-state index is 13.2. The van der Waals surface area contributed by atoms with Crippen LogP contribution < -0.4 is 9.62 Å². The van der Waals surface area contributed by atoms with Crippen molar-refractivity contribution in [1.82, 2.24) is 14.0 Å². The Morgan fingerprint density at radius 2 is 1.85 bits per heavy atom. The lowest BCUT2D eigenvalue weighted by Gasteiger charge is -2.36. The Morgan fingerprint density at radius 3 is 2.52 bits per heavy atom. The number of aryl methyl sites for hydroxylation is 1. The molecule has 2 aromatic carbocycles. The van der Waals surface area contributed by atoms with Gasteiger partial charge in [-0.3, -0.25) is 4.79 Å². The lowest BCUT2D eigenvalue weighted by molar-refractivity contribution is -0.140. The molecule has 33 heavy (non-hydrogen) atoms. The molecule has 3 aromatic rings. The Balaban J connectivity index is 1.30. The van der Waals surface area contributed by atoms with E-state index in [4.69, 9.17) is 0 Å². The van der Waals surface area contributed by atoms with Crippen LogP contribution in [0.2, 0.25) is 0 Å². The Morgan fingerprint density at radius 1 is 1.15 bits per heavy atom. The van der Waals surface area contributed by atoms with Gasteiger partial charge in [0.05, 0.1) is 15.2 Å². The van der Waals surface area contributed by atoms with E-state index in [2.05, 4.69) is 20.7 Å². The Kier molecular flexibility index (Phi) is 5.43. The molecule has 1 unspecified atom stereocenters. The molecule has 2 N–H and O–H groups in total. The topological polar surface area (TPSA) is 103 Å². The van der Waals surface area contributed by atoms with Gasteiger partial charge in [0.2, 0.25) is 0 Å². The highest BCUT2D eigenvalue weighted by Crippen LogP contribution is 2.57. The number of anilines is 1. The van der Waals surface area contributed by atoms with Gasteiger partial charge >= 0.3 is 5.97 Å². The van der Waals surface area contributed by atoms with Gasteiger partial charge in [-0.2, -0.15) is 17.4 Å². The van der Waals surface area contributed by atoms with E-state index in [9.17, 15) is 18.3 Å². The van der Waals surface area contributed by atoms with Crippen LogP contribution in [-0.4, -0.2) is 60.5 Å². The fraction of sp³-hybridized carbons (Fsp3) is 0.391. The third kappa shape index (κ3) is 3.80. The van der Waals surface area contributed by atoms with Crippen molar-refractivity contribution in [2.75, 3.05) is 31.1 Å². The van der Waals surface area contributed by atoms with E-state index in [0.29, 0.717) is 13.1 Å². The van der Waals surface area contributed by atoms with Gasteiger partial charge in [0, 0.05) is 37.8 Å². The third-order valence-electron chi connectivity index (χ3n) is 6.83. The zero-order valence-corrected chi connectivity index (χ0v) is 20.1. The van der Waals surface area contributed by atoms with Crippen LogP contribution in [0.3, 0.4) is 0 Å². The van der Waals surface area contributed by atoms with Crippen LogP contribution in [0.5, 0.6) is 0 Å². The van der Waals surface area contributed by atoms with Crippen LogP contribution >= 0.6 is 11.3 Å². The first-order valence-electron chi connectivity index (χ1n) is 10.9. The Hall–Kier alpha value is -2.53. The summed E-state index contributed by atoms with van der Waals surface area (Å²) in [6.07, 6.45) is 0. The molecule has 0 bridgehead atoms. The van der Waals surface area contributed by atoms with Crippen LogP contribution in [0.4, 0.5) is 5.69 Å². The summed E-state index contributed by atoms with van der Waals surface area (Å²) in [6, 6.07) is 15.4. The summed E-state index contributed by atoms with van der Waals surface area (Å²) in [5, 5.41) is 11.0. The van der Waals surface area contributed by atoms with Crippen LogP contribution in [0.15, 0.2) is 48.5 Å². The largest absolute Gasteiger partial charge is 0.480 e. The smallest absolute Gasteiger partial charge is 0.325 e. The van der Waals surface area contributed by atoms with Gasteiger partial charge in [-0.15, -0.1) is 11.3 Å². The number of carbonyl (C=O) groups is 1. The summed E-state index contributed by atoms with van der Waals surface area (Å²) in [5.74, 6) is -1.89. The minimum absolute atomic E-state index is 0.281. The normalized spacial score (nSPS) is 25.9. The molecule has 1 saturated heterocycles. The second kappa shape index (κ2) is 8.05. The molecule has 8 nitrogen and oxygen atoms in total. The second-order valence-corrected chi connectivity index (χ2v) is 11.6. The second-order valence-electron chi connectivity index (χ2n) is 8.73. The van der Waals surface area contributed by atoms with E-state index in [1.165, 1.54) is 4.31 Å². The summed E-state index contributed by atoms with van der Waals surface area (Å²) in [4.78, 5) is 18.9. The van der Waals surface area contributed by atoms with E-state index in [0.717, 1.165) is 26.5 Å². The van der Waals surface area contributed by atoms with Crippen LogP contribution in [0.25, 0.3) is 10.2 Å². The summed E-state index contributed by atoms with van der Waals surface area (Å²) < 4.78 is 31.5. The molecular weight excluding hydrogens is 460 g/mol. The number of thiazole rings is 1. The fourth-order valence-corrected chi connectivity index (χ4v) is 7.40. The highest BCUT2D eigenvalue weighted by Gasteiger charge is 2.70. The number of hydrogen-bond donors (Lipinski definition) is 2. The number of nitrogens with zero attached hydrogens (tertiary/aromatic N) is 3. The molecule has 1 saturated carbocycles. The van der Waals surface area contributed by atoms with E-state index in [1.807, 2.05) is 49.4 Å². The number of nitrogens with one attached hydrogen (secondary N) is 1. The molecule has 1 aliphatic carbocycles. The number of aromatic nitrogens is 1. The highest BCUT2D eigenvalue weighted by molar-refractivity contribution is 7.87. The predicted molar refractivity (Wildman–Crippen MR) is 129 cm³/mol. The van der Waals surface area contributed by atoms with Gasteiger partial charge in [0.15, 0.2) is 0 Å². The van der Waals surface area contributed by atoms with E-state index in [1.54, 1.807) is 18.3 Å². The molecule has 10 heteroatoms. The number of rotatable bonds is 6. The monoisotopic (exact) mass is 486 g/mol. The van der Waals surface area contributed by atoms with Crippen LogP contribution in [0, 0.1) is 12.8 Å². The molecule has 2 heterocycles. The molecule has 0 amide bonds. The maximum atomic E-state index is 13.2. The standard InChI is InChI=1S/C23H26N4O4S2/c1-15-21(17-6-4-3-5-7-17)23(15,22(28)29)25-33(30,31)27-12-10-26(11-13-27)18-8-9-20-19(14-18)24-16(2)32-20/h3-9,14-15,21,25H,10-13H2,1-2H3,(H,28,29)/t15?,21-,23+/m1/s1. The number of aliphatic carboxylic acids is 1. The molecule has 0 radical (unpaired) electrons. The zero-order chi connectivity index (χ0) is 23.4. The Bertz CT molecular complexity index is 1300. The number of carboxylic acids is 1. The number of carboxylic acid groups (broad SMARTS) is 1. The van der Waals surface area contributed by atoms with E-state index >= 15 is 0 Å². The quantitative estimate of drug-likeness (QED) is 0.556. The van der Waals surface area contributed by atoms with E-state index in [-0.39, 0.29) is 19.0 Å². The number of fused-ring (bicyclic) bond motifs is 1. The van der Waals surface area contributed by atoms with Crippen molar-refractivity contribution < 1.29 is 18.3 Å². The zero-order valence-electron chi connectivity index (χ0n) is 18.4. The average Bonchev–Trinajstić information content (AvgIpc) is 3.19. The van der Waals surface area contributed by atoms with Gasteiger partial charge < -0.3 is 10.0 Å². The van der Waals surface area contributed by atoms with Gasteiger partial charge in [0.25, 0.3) is 10.2 Å². The molecule has 2 fully saturated rings. The number of piperazine rings is 1. The van der Waals surface area contributed by atoms with Crippen molar-refractivity contribution in [2.24, 2.45) is 5.92 Å². The van der Waals surface area contributed by atoms with Crippen molar-refractivity contribution in [2.45, 2.75) is 25.3 Å². The summed E-state index contributed by atoms with van der Waals surface area (Å²) in [6.45, 7) is 5.37. The molecule has 1 aliphatic heterocycles.